The molecule has 2 rings (SSSR count). The van der Waals surface area contributed by atoms with Crippen molar-refractivity contribution in [3.8, 4) is 5.75 Å². The van der Waals surface area contributed by atoms with Crippen LogP contribution in [-0.2, 0) is 4.79 Å². The van der Waals surface area contributed by atoms with Crippen LogP contribution in [0.15, 0.2) is 29.8 Å². The van der Waals surface area contributed by atoms with Gasteiger partial charge in [0.2, 0.25) is 0 Å². The molecule has 1 fully saturated rings. The SMILES string of the molecule is CCCN1CCC(=O)/C(=C/c2ccccc2OC)C1. The van der Waals surface area contributed by atoms with Crippen molar-refractivity contribution >= 4 is 11.9 Å². The van der Waals surface area contributed by atoms with E-state index in [9.17, 15) is 4.79 Å². The maximum absolute atomic E-state index is 12.0. The predicted molar refractivity (Wildman–Crippen MR) is 77.3 cm³/mol. The van der Waals surface area contributed by atoms with Gasteiger partial charge >= 0.3 is 0 Å². The van der Waals surface area contributed by atoms with Crippen LogP contribution in [0.1, 0.15) is 25.3 Å². The van der Waals surface area contributed by atoms with Gasteiger partial charge in [-0.1, -0.05) is 25.1 Å². The summed E-state index contributed by atoms with van der Waals surface area (Å²) in [5.74, 6) is 1.08. The molecular formula is C16H21NO2. The lowest BCUT2D eigenvalue weighted by atomic mass is 10.00. The van der Waals surface area contributed by atoms with Crippen LogP contribution >= 0.6 is 0 Å². The number of hydrogen-bond acceptors (Lipinski definition) is 3. The second kappa shape index (κ2) is 6.53. The third-order valence-electron chi connectivity index (χ3n) is 3.42. The van der Waals surface area contributed by atoms with Gasteiger partial charge in [-0.2, -0.15) is 0 Å². The Hall–Kier alpha value is -1.61. The van der Waals surface area contributed by atoms with Crippen molar-refractivity contribution in [1.29, 1.82) is 0 Å². The highest BCUT2D eigenvalue weighted by molar-refractivity contribution is 6.01. The summed E-state index contributed by atoms with van der Waals surface area (Å²) in [7, 11) is 1.66. The highest BCUT2D eigenvalue weighted by Gasteiger charge is 2.20. The number of carbonyl (C=O) groups is 1. The van der Waals surface area contributed by atoms with Gasteiger partial charge in [0.15, 0.2) is 5.78 Å². The number of ketones is 1. The first-order chi connectivity index (χ1) is 9.24. The molecule has 19 heavy (non-hydrogen) atoms. The topological polar surface area (TPSA) is 29.5 Å². The molecule has 1 aliphatic rings. The van der Waals surface area contributed by atoms with Crippen LogP contribution < -0.4 is 4.74 Å². The number of nitrogens with zero attached hydrogens (tertiary/aromatic N) is 1. The normalized spacial score (nSPS) is 18.8. The predicted octanol–water partition coefficient (Wildman–Crippen LogP) is 2.76. The Morgan fingerprint density at radius 2 is 2.16 bits per heavy atom. The summed E-state index contributed by atoms with van der Waals surface area (Å²) < 4.78 is 5.33. The molecule has 0 saturated carbocycles. The fraction of sp³-hybridized carbons (Fsp3) is 0.438. The smallest absolute Gasteiger partial charge is 0.161 e. The summed E-state index contributed by atoms with van der Waals surface area (Å²) in [6.45, 7) is 4.86. The number of piperidine rings is 1. The lowest BCUT2D eigenvalue weighted by Gasteiger charge is -2.27. The molecule has 0 amide bonds. The van der Waals surface area contributed by atoms with Crippen LogP contribution in [0.3, 0.4) is 0 Å². The highest BCUT2D eigenvalue weighted by Crippen LogP contribution is 2.23. The summed E-state index contributed by atoms with van der Waals surface area (Å²) in [4.78, 5) is 14.3. The van der Waals surface area contributed by atoms with Crippen LogP contribution in [0.5, 0.6) is 5.75 Å². The molecule has 0 aliphatic carbocycles. The van der Waals surface area contributed by atoms with E-state index in [1.807, 2.05) is 30.3 Å². The van der Waals surface area contributed by atoms with Gasteiger partial charge < -0.3 is 4.74 Å². The third kappa shape index (κ3) is 3.44. The average Bonchev–Trinajstić information content (AvgIpc) is 2.43. The highest BCUT2D eigenvalue weighted by atomic mass is 16.5. The lowest BCUT2D eigenvalue weighted by Crippen LogP contribution is -2.36. The second-order valence-electron chi connectivity index (χ2n) is 4.86. The molecule has 3 nitrogen and oxygen atoms in total. The molecule has 0 aromatic heterocycles. The zero-order valence-electron chi connectivity index (χ0n) is 11.7. The third-order valence-corrected chi connectivity index (χ3v) is 3.42. The van der Waals surface area contributed by atoms with Gasteiger partial charge in [-0.3, -0.25) is 9.69 Å². The molecular weight excluding hydrogens is 238 g/mol. The summed E-state index contributed by atoms with van der Waals surface area (Å²) in [6.07, 6.45) is 3.72. The van der Waals surface area contributed by atoms with Crippen molar-refractivity contribution < 1.29 is 9.53 Å². The number of para-hydroxylation sites is 1. The molecule has 0 unspecified atom stereocenters. The van der Waals surface area contributed by atoms with Crippen LogP contribution in [0.25, 0.3) is 6.08 Å². The van der Waals surface area contributed by atoms with Crippen LogP contribution in [0.4, 0.5) is 0 Å². The van der Waals surface area contributed by atoms with E-state index < -0.39 is 0 Å². The Balaban J connectivity index is 2.22. The van der Waals surface area contributed by atoms with Gasteiger partial charge in [-0.05, 0) is 25.1 Å². The summed E-state index contributed by atoms with van der Waals surface area (Å²) in [5, 5.41) is 0. The van der Waals surface area contributed by atoms with Gasteiger partial charge in [0.25, 0.3) is 0 Å². The first-order valence-corrected chi connectivity index (χ1v) is 6.83. The van der Waals surface area contributed by atoms with E-state index in [1.165, 1.54) is 0 Å². The molecule has 3 heteroatoms. The Bertz CT molecular complexity index is 479. The fourth-order valence-corrected chi connectivity index (χ4v) is 2.43. The van der Waals surface area contributed by atoms with Gasteiger partial charge in [0, 0.05) is 30.6 Å². The number of methoxy groups -OCH3 is 1. The van der Waals surface area contributed by atoms with Crippen molar-refractivity contribution in [2.24, 2.45) is 0 Å². The summed E-state index contributed by atoms with van der Waals surface area (Å²) >= 11 is 0. The van der Waals surface area contributed by atoms with Crippen molar-refractivity contribution in [3.05, 3.63) is 35.4 Å². The largest absolute Gasteiger partial charge is 0.496 e. The summed E-state index contributed by atoms with van der Waals surface area (Å²) in [6, 6.07) is 7.81. The van der Waals surface area contributed by atoms with Crippen LogP contribution in [0.2, 0.25) is 0 Å². The van der Waals surface area contributed by atoms with E-state index in [4.69, 9.17) is 4.74 Å². The molecule has 0 atom stereocenters. The molecule has 1 aromatic carbocycles. The van der Waals surface area contributed by atoms with Crippen molar-refractivity contribution in [2.45, 2.75) is 19.8 Å². The molecule has 1 aliphatic heterocycles. The minimum atomic E-state index is 0.262. The molecule has 1 aromatic rings. The summed E-state index contributed by atoms with van der Waals surface area (Å²) in [5.41, 5.74) is 1.87. The number of ether oxygens (including phenoxy) is 1. The van der Waals surface area contributed by atoms with Crippen molar-refractivity contribution in [1.82, 2.24) is 4.90 Å². The lowest BCUT2D eigenvalue weighted by molar-refractivity contribution is -0.117. The molecule has 0 bridgehead atoms. The van der Waals surface area contributed by atoms with E-state index in [-0.39, 0.29) is 5.78 Å². The van der Waals surface area contributed by atoms with E-state index in [0.29, 0.717) is 6.42 Å². The van der Waals surface area contributed by atoms with Gasteiger partial charge in [0.05, 0.1) is 7.11 Å². The van der Waals surface area contributed by atoms with Crippen LogP contribution in [-0.4, -0.2) is 37.4 Å². The first-order valence-electron chi connectivity index (χ1n) is 6.83. The molecule has 0 spiro atoms. The average molecular weight is 259 g/mol. The number of likely N-dealkylation sites (tertiary alicyclic amines) is 1. The van der Waals surface area contributed by atoms with Gasteiger partial charge in [-0.25, -0.2) is 0 Å². The second-order valence-corrected chi connectivity index (χ2v) is 4.86. The number of rotatable bonds is 4. The quantitative estimate of drug-likeness (QED) is 0.779. The number of Topliss-reactive ketones (excluding diaryl/α,β-unsaturated/α-hetero) is 1. The molecule has 0 N–H and O–H groups in total. The van der Waals surface area contributed by atoms with Gasteiger partial charge in [-0.15, -0.1) is 0 Å². The van der Waals surface area contributed by atoms with Crippen molar-refractivity contribution in [2.75, 3.05) is 26.7 Å². The Kier molecular flexibility index (Phi) is 4.74. The maximum Gasteiger partial charge on any atom is 0.161 e. The molecule has 102 valence electrons. The molecule has 1 heterocycles. The number of carbonyl (C=O) groups excluding carboxylic acids is 1. The Morgan fingerprint density at radius 1 is 1.37 bits per heavy atom. The van der Waals surface area contributed by atoms with E-state index >= 15 is 0 Å². The first kappa shape index (κ1) is 13.8. The molecule has 0 radical (unpaired) electrons. The monoisotopic (exact) mass is 259 g/mol. The maximum atomic E-state index is 12.0. The van der Waals surface area contributed by atoms with E-state index in [2.05, 4.69) is 11.8 Å². The van der Waals surface area contributed by atoms with Crippen LogP contribution in [0, 0.1) is 0 Å². The zero-order chi connectivity index (χ0) is 13.7. The Labute approximate surface area is 114 Å². The van der Waals surface area contributed by atoms with Gasteiger partial charge in [0.1, 0.15) is 5.75 Å². The van der Waals surface area contributed by atoms with E-state index in [1.54, 1.807) is 7.11 Å². The number of benzene rings is 1. The zero-order valence-corrected chi connectivity index (χ0v) is 11.7. The minimum Gasteiger partial charge on any atom is -0.496 e. The fourth-order valence-electron chi connectivity index (χ4n) is 2.43. The van der Waals surface area contributed by atoms with Crippen molar-refractivity contribution in [3.63, 3.8) is 0 Å². The Morgan fingerprint density at radius 3 is 2.89 bits per heavy atom. The minimum absolute atomic E-state index is 0.262. The molecule has 1 saturated heterocycles. The number of hydrogen-bond donors (Lipinski definition) is 0. The standard InChI is InChI=1S/C16H21NO2/c1-3-9-17-10-8-15(18)14(12-17)11-13-6-4-5-7-16(13)19-2/h4-7,11H,3,8-10,12H2,1-2H3/b14-11+. The van der Waals surface area contributed by atoms with E-state index in [0.717, 1.165) is 42.9 Å².